The molecule has 1 aliphatic rings. The van der Waals surface area contributed by atoms with Crippen molar-refractivity contribution in [1.82, 2.24) is 10.2 Å². The first kappa shape index (κ1) is 23.4. The fourth-order valence-electron chi connectivity index (χ4n) is 3.27. The van der Waals surface area contributed by atoms with Crippen molar-refractivity contribution in [3.8, 4) is 5.75 Å². The zero-order chi connectivity index (χ0) is 23.5. The molecule has 1 aliphatic heterocycles. The van der Waals surface area contributed by atoms with Crippen molar-refractivity contribution in [2.75, 3.05) is 0 Å². The Bertz CT molecular complexity index is 1260. The third-order valence-electron chi connectivity index (χ3n) is 5.07. The standard InChI is InChI=1S/C25H19BrCl2N2O3/c1-15-2-4-16(5-3-15)13-30-24(31)22(29-25(30)32)12-17-7-9-23(19(26)10-17)33-14-18-6-8-20(27)21(28)11-18/h2-12H,13-14H2,1H3,(H,29,32)/b22-12+. The van der Waals surface area contributed by atoms with Gasteiger partial charge in [-0.2, -0.15) is 0 Å². The second kappa shape index (κ2) is 10.00. The molecule has 168 valence electrons. The monoisotopic (exact) mass is 544 g/mol. The predicted octanol–water partition coefficient (Wildman–Crippen LogP) is 6.74. The van der Waals surface area contributed by atoms with E-state index in [9.17, 15) is 9.59 Å². The zero-order valence-electron chi connectivity index (χ0n) is 17.6. The summed E-state index contributed by atoms with van der Waals surface area (Å²) in [6.45, 7) is 2.52. The van der Waals surface area contributed by atoms with Gasteiger partial charge in [0.2, 0.25) is 0 Å². The Labute approximate surface area is 210 Å². The lowest BCUT2D eigenvalue weighted by Crippen LogP contribution is -2.30. The number of nitrogens with zero attached hydrogens (tertiary/aromatic N) is 1. The lowest BCUT2D eigenvalue weighted by atomic mass is 10.1. The van der Waals surface area contributed by atoms with Crippen LogP contribution < -0.4 is 10.1 Å². The van der Waals surface area contributed by atoms with Crippen LogP contribution in [-0.2, 0) is 17.9 Å². The molecule has 3 aromatic carbocycles. The molecule has 0 atom stereocenters. The Morgan fingerprint density at radius 2 is 1.70 bits per heavy atom. The van der Waals surface area contributed by atoms with Gasteiger partial charge in [-0.3, -0.25) is 9.69 Å². The van der Waals surface area contributed by atoms with Gasteiger partial charge >= 0.3 is 6.03 Å². The van der Waals surface area contributed by atoms with E-state index in [1.807, 2.05) is 49.4 Å². The molecule has 1 N–H and O–H groups in total. The average molecular weight is 546 g/mol. The first-order valence-corrected chi connectivity index (χ1v) is 11.6. The molecule has 0 spiro atoms. The second-order valence-corrected chi connectivity index (χ2v) is 9.26. The van der Waals surface area contributed by atoms with Gasteiger partial charge in [0.25, 0.3) is 5.91 Å². The molecular weight excluding hydrogens is 527 g/mol. The molecule has 3 amide bonds. The van der Waals surface area contributed by atoms with Gasteiger partial charge in [0, 0.05) is 0 Å². The fraction of sp³-hybridized carbons (Fsp3) is 0.120. The van der Waals surface area contributed by atoms with E-state index in [0.717, 1.165) is 22.3 Å². The van der Waals surface area contributed by atoms with Gasteiger partial charge in [-0.15, -0.1) is 0 Å². The van der Waals surface area contributed by atoms with Crippen LogP contribution in [0.3, 0.4) is 0 Å². The number of benzene rings is 3. The Morgan fingerprint density at radius 3 is 2.39 bits per heavy atom. The van der Waals surface area contributed by atoms with Crippen molar-refractivity contribution < 1.29 is 14.3 Å². The van der Waals surface area contributed by atoms with Crippen molar-refractivity contribution >= 4 is 57.1 Å². The van der Waals surface area contributed by atoms with E-state index in [0.29, 0.717) is 26.9 Å². The minimum absolute atomic E-state index is 0.216. The molecule has 0 bridgehead atoms. The van der Waals surface area contributed by atoms with Gasteiger partial charge in [-0.05, 0) is 69.9 Å². The highest BCUT2D eigenvalue weighted by Crippen LogP contribution is 2.29. The molecule has 0 aliphatic carbocycles. The van der Waals surface area contributed by atoms with Gasteiger partial charge < -0.3 is 10.1 Å². The maximum Gasteiger partial charge on any atom is 0.329 e. The number of urea groups is 1. The summed E-state index contributed by atoms with van der Waals surface area (Å²) in [5.74, 6) is 0.266. The van der Waals surface area contributed by atoms with E-state index in [1.165, 1.54) is 4.90 Å². The van der Waals surface area contributed by atoms with E-state index in [-0.39, 0.29) is 18.1 Å². The van der Waals surface area contributed by atoms with Crippen molar-refractivity contribution in [3.63, 3.8) is 0 Å². The highest BCUT2D eigenvalue weighted by Gasteiger charge is 2.33. The minimum Gasteiger partial charge on any atom is -0.488 e. The first-order valence-electron chi connectivity index (χ1n) is 10.1. The molecule has 8 heteroatoms. The molecule has 33 heavy (non-hydrogen) atoms. The number of hydrogen-bond donors (Lipinski definition) is 1. The third-order valence-corrected chi connectivity index (χ3v) is 6.43. The maximum atomic E-state index is 12.8. The highest BCUT2D eigenvalue weighted by molar-refractivity contribution is 9.10. The van der Waals surface area contributed by atoms with E-state index in [4.69, 9.17) is 27.9 Å². The summed E-state index contributed by atoms with van der Waals surface area (Å²) in [5, 5.41) is 3.61. The maximum absolute atomic E-state index is 12.8. The number of carbonyl (C=O) groups is 2. The molecule has 0 saturated carbocycles. The Hall–Kier alpha value is -2.80. The summed E-state index contributed by atoms with van der Waals surface area (Å²) < 4.78 is 6.57. The summed E-state index contributed by atoms with van der Waals surface area (Å²) in [6, 6.07) is 18.0. The number of hydrogen-bond acceptors (Lipinski definition) is 3. The van der Waals surface area contributed by atoms with Crippen LogP contribution in [-0.4, -0.2) is 16.8 Å². The number of ether oxygens (including phenoxy) is 1. The van der Waals surface area contributed by atoms with E-state index in [2.05, 4.69) is 21.2 Å². The largest absolute Gasteiger partial charge is 0.488 e. The van der Waals surface area contributed by atoms with Crippen LogP contribution in [0.15, 0.2) is 70.8 Å². The van der Waals surface area contributed by atoms with E-state index < -0.39 is 6.03 Å². The van der Waals surface area contributed by atoms with Crippen LogP contribution in [0.25, 0.3) is 6.08 Å². The lowest BCUT2D eigenvalue weighted by Gasteiger charge is -2.12. The Balaban J connectivity index is 1.44. The Kier molecular flexibility index (Phi) is 7.08. The van der Waals surface area contributed by atoms with Crippen LogP contribution in [0.4, 0.5) is 4.79 Å². The summed E-state index contributed by atoms with van der Waals surface area (Å²) in [4.78, 5) is 26.3. The smallest absolute Gasteiger partial charge is 0.329 e. The van der Waals surface area contributed by atoms with Crippen LogP contribution >= 0.6 is 39.1 Å². The number of aryl methyl sites for hydroxylation is 1. The molecule has 3 aromatic rings. The molecule has 0 unspecified atom stereocenters. The van der Waals surface area contributed by atoms with Crippen LogP contribution in [0, 0.1) is 6.92 Å². The molecule has 1 fully saturated rings. The van der Waals surface area contributed by atoms with Crippen molar-refractivity contribution in [2.24, 2.45) is 0 Å². The second-order valence-electron chi connectivity index (χ2n) is 7.59. The molecule has 1 heterocycles. The molecular formula is C25H19BrCl2N2O3. The van der Waals surface area contributed by atoms with Gasteiger partial charge in [-0.1, -0.05) is 65.2 Å². The Morgan fingerprint density at radius 1 is 0.970 bits per heavy atom. The summed E-state index contributed by atoms with van der Waals surface area (Å²) in [6.07, 6.45) is 1.64. The molecule has 0 aromatic heterocycles. The van der Waals surface area contributed by atoms with Crippen LogP contribution in [0.1, 0.15) is 22.3 Å². The SMILES string of the molecule is Cc1ccc(CN2C(=O)N/C(=C/c3ccc(OCc4ccc(Cl)c(Cl)c4)c(Br)c3)C2=O)cc1. The molecule has 4 rings (SSSR count). The number of imide groups is 1. The summed E-state index contributed by atoms with van der Waals surface area (Å²) >= 11 is 15.5. The van der Waals surface area contributed by atoms with Gasteiger partial charge in [0.05, 0.1) is 21.1 Å². The van der Waals surface area contributed by atoms with Gasteiger partial charge in [0.1, 0.15) is 18.1 Å². The predicted molar refractivity (Wildman–Crippen MR) is 133 cm³/mol. The van der Waals surface area contributed by atoms with Crippen LogP contribution in [0.2, 0.25) is 10.0 Å². The van der Waals surface area contributed by atoms with Crippen molar-refractivity contribution in [2.45, 2.75) is 20.1 Å². The van der Waals surface area contributed by atoms with Gasteiger partial charge in [-0.25, -0.2) is 4.79 Å². The first-order chi connectivity index (χ1) is 15.8. The third kappa shape index (κ3) is 5.58. The average Bonchev–Trinajstić information content (AvgIpc) is 3.04. The number of halogens is 3. The number of nitrogens with one attached hydrogen (secondary N) is 1. The minimum atomic E-state index is -0.438. The van der Waals surface area contributed by atoms with E-state index >= 15 is 0 Å². The number of rotatable bonds is 6. The molecule has 0 radical (unpaired) electrons. The molecule has 1 saturated heterocycles. The topological polar surface area (TPSA) is 58.6 Å². The van der Waals surface area contributed by atoms with Crippen molar-refractivity contribution in [1.29, 1.82) is 0 Å². The number of carbonyl (C=O) groups excluding carboxylic acids is 2. The highest BCUT2D eigenvalue weighted by atomic mass is 79.9. The quantitative estimate of drug-likeness (QED) is 0.276. The summed E-state index contributed by atoms with van der Waals surface area (Å²) in [7, 11) is 0. The normalized spacial score (nSPS) is 14.7. The van der Waals surface area contributed by atoms with Crippen LogP contribution in [0.5, 0.6) is 5.75 Å². The fourth-order valence-corrected chi connectivity index (χ4v) is 4.10. The zero-order valence-corrected chi connectivity index (χ0v) is 20.7. The lowest BCUT2D eigenvalue weighted by molar-refractivity contribution is -0.123. The van der Waals surface area contributed by atoms with Crippen molar-refractivity contribution in [3.05, 3.63) is 103 Å². The van der Waals surface area contributed by atoms with E-state index in [1.54, 1.807) is 24.3 Å². The summed E-state index contributed by atoms with van der Waals surface area (Å²) in [5.41, 5.74) is 3.85. The number of amides is 3. The van der Waals surface area contributed by atoms with Gasteiger partial charge in [0.15, 0.2) is 0 Å². The molecule has 5 nitrogen and oxygen atoms in total.